The van der Waals surface area contributed by atoms with Crippen LogP contribution in [0.25, 0.3) is 0 Å². The van der Waals surface area contributed by atoms with Gasteiger partial charge in [0.05, 0.1) is 0 Å². The zero-order chi connectivity index (χ0) is 13.7. The molecule has 0 aromatic carbocycles. The van der Waals surface area contributed by atoms with Crippen molar-refractivity contribution in [2.75, 3.05) is 18.9 Å². The third-order valence-corrected chi connectivity index (χ3v) is 4.09. The molecule has 1 aliphatic carbocycles. The SMILES string of the molecule is CNc1cc(C(=O)NCC2CCCCC2C)ccn1. The number of nitrogens with one attached hydrogen (secondary N) is 2. The summed E-state index contributed by atoms with van der Waals surface area (Å²) in [5.74, 6) is 2.07. The molecule has 1 heterocycles. The van der Waals surface area contributed by atoms with Gasteiger partial charge in [0.1, 0.15) is 5.82 Å². The summed E-state index contributed by atoms with van der Waals surface area (Å²) in [4.78, 5) is 16.2. The second kappa shape index (κ2) is 6.55. The number of aromatic nitrogens is 1. The van der Waals surface area contributed by atoms with Gasteiger partial charge in [-0.15, -0.1) is 0 Å². The molecule has 2 N–H and O–H groups in total. The van der Waals surface area contributed by atoms with Crippen molar-refractivity contribution < 1.29 is 4.79 Å². The lowest BCUT2D eigenvalue weighted by molar-refractivity contribution is 0.0936. The summed E-state index contributed by atoms with van der Waals surface area (Å²) in [6.45, 7) is 3.08. The van der Waals surface area contributed by atoms with Crippen LogP contribution < -0.4 is 10.6 Å². The zero-order valence-electron chi connectivity index (χ0n) is 11.8. The number of carbonyl (C=O) groups is 1. The summed E-state index contributed by atoms with van der Waals surface area (Å²) in [6.07, 6.45) is 6.81. The van der Waals surface area contributed by atoms with Crippen LogP contribution in [0.2, 0.25) is 0 Å². The molecule has 1 aromatic heterocycles. The quantitative estimate of drug-likeness (QED) is 0.876. The third-order valence-electron chi connectivity index (χ3n) is 4.09. The highest BCUT2D eigenvalue weighted by atomic mass is 16.1. The van der Waals surface area contributed by atoms with Gasteiger partial charge in [0.15, 0.2) is 0 Å². The first-order valence-electron chi connectivity index (χ1n) is 7.12. The van der Waals surface area contributed by atoms with Gasteiger partial charge in [-0.3, -0.25) is 4.79 Å². The average molecular weight is 261 g/mol. The molecule has 1 amide bonds. The number of hydrogen-bond acceptors (Lipinski definition) is 3. The lowest BCUT2D eigenvalue weighted by Crippen LogP contribution is -2.33. The van der Waals surface area contributed by atoms with E-state index in [9.17, 15) is 4.79 Å². The van der Waals surface area contributed by atoms with Crippen molar-refractivity contribution in [2.24, 2.45) is 11.8 Å². The molecule has 1 fully saturated rings. The Morgan fingerprint density at radius 1 is 1.42 bits per heavy atom. The van der Waals surface area contributed by atoms with E-state index in [0.29, 0.717) is 11.5 Å². The largest absolute Gasteiger partial charge is 0.373 e. The Balaban J connectivity index is 1.89. The predicted octanol–water partition coefficient (Wildman–Crippen LogP) is 2.68. The molecule has 0 aliphatic heterocycles. The fourth-order valence-corrected chi connectivity index (χ4v) is 2.73. The molecule has 0 spiro atoms. The van der Waals surface area contributed by atoms with Crippen molar-refractivity contribution >= 4 is 11.7 Å². The molecule has 2 rings (SSSR count). The Labute approximate surface area is 115 Å². The van der Waals surface area contributed by atoms with Crippen molar-refractivity contribution in [1.29, 1.82) is 0 Å². The first-order chi connectivity index (χ1) is 9.20. The first-order valence-corrected chi connectivity index (χ1v) is 7.12. The lowest BCUT2D eigenvalue weighted by Gasteiger charge is -2.28. The number of carbonyl (C=O) groups excluding carboxylic acids is 1. The number of rotatable bonds is 4. The van der Waals surface area contributed by atoms with E-state index in [1.165, 1.54) is 25.7 Å². The maximum Gasteiger partial charge on any atom is 0.251 e. The molecule has 1 saturated carbocycles. The highest BCUT2D eigenvalue weighted by Crippen LogP contribution is 2.28. The van der Waals surface area contributed by atoms with Crippen LogP contribution in [-0.4, -0.2) is 24.5 Å². The number of pyridine rings is 1. The van der Waals surface area contributed by atoms with Gasteiger partial charge >= 0.3 is 0 Å². The van der Waals surface area contributed by atoms with Gasteiger partial charge in [0.25, 0.3) is 5.91 Å². The number of nitrogens with zero attached hydrogens (tertiary/aromatic N) is 1. The molecule has 1 aromatic rings. The van der Waals surface area contributed by atoms with Crippen LogP contribution >= 0.6 is 0 Å². The van der Waals surface area contributed by atoms with Gasteiger partial charge in [0.2, 0.25) is 0 Å². The van der Waals surface area contributed by atoms with E-state index in [1.54, 1.807) is 25.4 Å². The van der Waals surface area contributed by atoms with Gasteiger partial charge in [-0.1, -0.05) is 26.2 Å². The summed E-state index contributed by atoms with van der Waals surface area (Å²) >= 11 is 0. The topological polar surface area (TPSA) is 54.0 Å². The second-order valence-electron chi connectivity index (χ2n) is 5.41. The summed E-state index contributed by atoms with van der Waals surface area (Å²) in [6, 6.07) is 3.53. The van der Waals surface area contributed by atoms with E-state index in [4.69, 9.17) is 0 Å². The Morgan fingerprint density at radius 3 is 2.95 bits per heavy atom. The summed E-state index contributed by atoms with van der Waals surface area (Å²) in [5, 5.41) is 6.00. The van der Waals surface area contributed by atoms with E-state index in [2.05, 4.69) is 22.5 Å². The van der Waals surface area contributed by atoms with Crippen molar-refractivity contribution in [3.63, 3.8) is 0 Å². The normalized spacial score (nSPS) is 22.8. The van der Waals surface area contributed by atoms with Crippen molar-refractivity contribution in [1.82, 2.24) is 10.3 Å². The summed E-state index contributed by atoms with van der Waals surface area (Å²) in [7, 11) is 1.80. The first kappa shape index (κ1) is 13.8. The lowest BCUT2D eigenvalue weighted by atomic mass is 9.80. The molecule has 2 unspecified atom stereocenters. The van der Waals surface area contributed by atoms with Crippen molar-refractivity contribution in [3.8, 4) is 0 Å². The standard InChI is InChI=1S/C15H23N3O/c1-11-5-3-4-6-13(11)10-18-15(19)12-7-8-17-14(9-12)16-2/h7-9,11,13H,3-6,10H2,1-2H3,(H,16,17)(H,18,19). The van der Waals surface area contributed by atoms with E-state index >= 15 is 0 Å². The monoisotopic (exact) mass is 261 g/mol. The van der Waals surface area contributed by atoms with Crippen LogP contribution in [0.15, 0.2) is 18.3 Å². The van der Waals surface area contributed by atoms with Crippen molar-refractivity contribution in [2.45, 2.75) is 32.6 Å². The van der Waals surface area contributed by atoms with Crippen LogP contribution in [0, 0.1) is 11.8 Å². The molecule has 0 saturated heterocycles. The van der Waals surface area contributed by atoms with Crippen LogP contribution in [0.1, 0.15) is 43.0 Å². The number of anilines is 1. The highest BCUT2D eigenvalue weighted by Gasteiger charge is 2.21. The molecule has 4 nitrogen and oxygen atoms in total. The van der Waals surface area contributed by atoms with Gasteiger partial charge in [-0.05, 0) is 30.4 Å². The van der Waals surface area contributed by atoms with E-state index in [0.717, 1.165) is 18.3 Å². The second-order valence-corrected chi connectivity index (χ2v) is 5.41. The van der Waals surface area contributed by atoms with E-state index < -0.39 is 0 Å². The van der Waals surface area contributed by atoms with Gasteiger partial charge in [-0.25, -0.2) is 4.98 Å². The van der Waals surface area contributed by atoms with Crippen molar-refractivity contribution in [3.05, 3.63) is 23.9 Å². The Kier molecular flexibility index (Phi) is 4.77. The van der Waals surface area contributed by atoms with E-state index in [-0.39, 0.29) is 5.91 Å². The fourth-order valence-electron chi connectivity index (χ4n) is 2.73. The smallest absolute Gasteiger partial charge is 0.251 e. The molecule has 19 heavy (non-hydrogen) atoms. The maximum atomic E-state index is 12.1. The number of hydrogen-bond donors (Lipinski definition) is 2. The van der Waals surface area contributed by atoms with Gasteiger partial charge in [-0.2, -0.15) is 0 Å². The third kappa shape index (κ3) is 3.69. The van der Waals surface area contributed by atoms with Crippen LogP contribution in [0.4, 0.5) is 5.82 Å². The molecule has 2 atom stereocenters. The number of amides is 1. The molecule has 0 bridgehead atoms. The molecule has 104 valence electrons. The Hall–Kier alpha value is -1.58. The highest BCUT2D eigenvalue weighted by molar-refractivity contribution is 5.94. The van der Waals surface area contributed by atoms with Crippen LogP contribution in [0.5, 0.6) is 0 Å². The Bertz CT molecular complexity index is 433. The molecular weight excluding hydrogens is 238 g/mol. The van der Waals surface area contributed by atoms with E-state index in [1.807, 2.05) is 0 Å². The molecular formula is C15H23N3O. The van der Waals surface area contributed by atoms with Gasteiger partial charge < -0.3 is 10.6 Å². The minimum atomic E-state index is -0.00308. The maximum absolute atomic E-state index is 12.1. The molecule has 1 aliphatic rings. The predicted molar refractivity (Wildman–Crippen MR) is 77.2 cm³/mol. The average Bonchev–Trinajstić information content (AvgIpc) is 2.46. The van der Waals surface area contributed by atoms with Crippen LogP contribution in [0.3, 0.4) is 0 Å². The minimum absolute atomic E-state index is 0.00308. The zero-order valence-corrected chi connectivity index (χ0v) is 11.8. The minimum Gasteiger partial charge on any atom is -0.373 e. The Morgan fingerprint density at radius 2 is 2.21 bits per heavy atom. The van der Waals surface area contributed by atoms with Gasteiger partial charge in [0, 0.05) is 25.4 Å². The fraction of sp³-hybridized carbons (Fsp3) is 0.600. The summed E-state index contributed by atoms with van der Waals surface area (Å²) in [5.41, 5.74) is 0.669. The summed E-state index contributed by atoms with van der Waals surface area (Å²) < 4.78 is 0. The molecule has 4 heteroatoms. The van der Waals surface area contributed by atoms with Crippen LogP contribution in [-0.2, 0) is 0 Å². The molecule has 0 radical (unpaired) electrons.